The van der Waals surface area contributed by atoms with E-state index in [1.54, 1.807) is 13.0 Å². The van der Waals surface area contributed by atoms with E-state index in [1.807, 2.05) is 13.0 Å². The van der Waals surface area contributed by atoms with Gasteiger partial charge in [-0.2, -0.15) is 0 Å². The van der Waals surface area contributed by atoms with E-state index in [0.717, 1.165) is 37.2 Å². The van der Waals surface area contributed by atoms with Gasteiger partial charge in [0.1, 0.15) is 5.82 Å². The van der Waals surface area contributed by atoms with Gasteiger partial charge in [0, 0.05) is 24.8 Å². The zero-order valence-electron chi connectivity index (χ0n) is 11.5. The van der Waals surface area contributed by atoms with E-state index in [-0.39, 0.29) is 11.9 Å². The van der Waals surface area contributed by atoms with Gasteiger partial charge in [-0.3, -0.25) is 0 Å². The number of aryl methyl sites for hydroxylation is 1. The summed E-state index contributed by atoms with van der Waals surface area (Å²) in [6.07, 6.45) is 2.92. The lowest BCUT2D eigenvalue weighted by molar-refractivity contribution is 0.0304. The van der Waals surface area contributed by atoms with Crippen molar-refractivity contribution in [2.45, 2.75) is 44.9 Å². The number of hydrogen-bond acceptors (Lipinski definition) is 3. The normalized spacial score (nSPS) is 27.7. The Morgan fingerprint density at radius 2 is 1.95 bits per heavy atom. The summed E-state index contributed by atoms with van der Waals surface area (Å²) >= 11 is 0. The van der Waals surface area contributed by atoms with Gasteiger partial charge >= 0.3 is 0 Å². The van der Waals surface area contributed by atoms with Crippen LogP contribution in [0.5, 0.6) is 0 Å². The third-order valence-corrected chi connectivity index (χ3v) is 4.18. The Labute approximate surface area is 113 Å². The van der Waals surface area contributed by atoms with Gasteiger partial charge in [0.05, 0.1) is 12.2 Å². The summed E-state index contributed by atoms with van der Waals surface area (Å²) in [5.74, 6) is -0.174. The van der Waals surface area contributed by atoms with Gasteiger partial charge in [-0.05, 0) is 49.9 Å². The molecule has 2 unspecified atom stereocenters. The van der Waals surface area contributed by atoms with E-state index in [9.17, 15) is 4.39 Å². The summed E-state index contributed by atoms with van der Waals surface area (Å²) < 4.78 is 19.6. The van der Waals surface area contributed by atoms with Crippen molar-refractivity contribution < 1.29 is 9.13 Å². The van der Waals surface area contributed by atoms with Crippen LogP contribution >= 0.6 is 0 Å². The number of fused-ring (bicyclic) bond motifs is 2. The van der Waals surface area contributed by atoms with Crippen molar-refractivity contribution >= 4 is 5.69 Å². The molecule has 2 fully saturated rings. The van der Waals surface area contributed by atoms with Gasteiger partial charge in [-0.1, -0.05) is 0 Å². The van der Waals surface area contributed by atoms with Crippen LogP contribution in [-0.4, -0.2) is 25.3 Å². The summed E-state index contributed by atoms with van der Waals surface area (Å²) in [7, 11) is 0. The van der Waals surface area contributed by atoms with Crippen molar-refractivity contribution in [3.8, 4) is 0 Å². The molecular formula is C15H21FN2O. The molecule has 1 aromatic rings. The molecule has 2 bridgehead atoms. The fraction of sp³-hybridized carbons (Fsp3) is 0.600. The van der Waals surface area contributed by atoms with Gasteiger partial charge in [0.25, 0.3) is 0 Å². The highest BCUT2D eigenvalue weighted by molar-refractivity contribution is 5.57. The molecule has 3 atom stereocenters. The molecule has 0 spiro atoms. The Morgan fingerprint density at radius 3 is 2.53 bits per heavy atom. The maximum atomic E-state index is 13.8. The lowest BCUT2D eigenvalue weighted by Crippen LogP contribution is -2.43. The standard InChI is InChI=1S/C15H21FN2O/c1-9-5-15(13(10(2)17)6-14(9)16)18-7-11-3-4-12(8-18)19-11/h5-6,10-12H,3-4,7-8,17H2,1-2H3/t10-,11?,12?/m0/s1. The summed E-state index contributed by atoms with van der Waals surface area (Å²) in [5, 5.41) is 0. The quantitative estimate of drug-likeness (QED) is 0.892. The van der Waals surface area contributed by atoms with Crippen LogP contribution in [0.25, 0.3) is 0 Å². The molecule has 2 aliphatic heterocycles. The average Bonchev–Trinajstić information content (AvgIpc) is 2.71. The van der Waals surface area contributed by atoms with Crippen LogP contribution in [-0.2, 0) is 4.74 Å². The number of ether oxygens (including phenoxy) is 1. The summed E-state index contributed by atoms with van der Waals surface area (Å²) in [6, 6.07) is 3.36. The molecule has 0 aromatic heterocycles. The number of anilines is 1. The SMILES string of the molecule is Cc1cc(N2CC3CCC(C2)O3)c([C@H](C)N)cc1F. The number of hydrogen-bond donors (Lipinski definition) is 1. The molecule has 2 N–H and O–H groups in total. The molecule has 104 valence electrons. The molecule has 3 rings (SSSR count). The molecule has 3 nitrogen and oxygen atoms in total. The molecule has 2 aliphatic rings. The zero-order valence-corrected chi connectivity index (χ0v) is 11.5. The van der Waals surface area contributed by atoms with Crippen LogP contribution < -0.4 is 10.6 Å². The van der Waals surface area contributed by atoms with Crippen molar-refractivity contribution in [1.29, 1.82) is 0 Å². The second-order valence-corrected chi connectivity index (χ2v) is 5.81. The topological polar surface area (TPSA) is 38.5 Å². The van der Waals surface area contributed by atoms with Crippen LogP contribution in [0, 0.1) is 12.7 Å². The van der Waals surface area contributed by atoms with Crippen molar-refractivity contribution in [3.63, 3.8) is 0 Å². The van der Waals surface area contributed by atoms with E-state index in [0.29, 0.717) is 17.8 Å². The second-order valence-electron chi connectivity index (χ2n) is 5.81. The first kappa shape index (κ1) is 12.9. The lowest BCUT2D eigenvalue weighted by Gasteiger charge is -2.35. The molecule has 0 amide bonds. The fourth-order valence-corrected chi connectivity index (χ4v) is 3.13. The minimum Gasteiger partial charge on any atom is -0.371 e. The Hall–Kier alpha value is -1.13. The first-order chi connectivity index (χ1) is 9.04. The summed E-state index contributed by atoms with van der Waals surface area (Å²) in [5.41, 5.74) is 8.65. The van der Waals surface area contributed by atoms with Gasteiger partial charge in [0.15, 0.2) is 0 Å². The molecule has 0 saturated carbocycles. The Kier molecular flexibility index (Phi) is 3.23. The monoisotopic (exact) mass is 264 g/mol. The number of benzene rings is 1. The second kappa shape index (κ2) is 4.76. The van der Waals surface area contributed by atoms with Gasteiger partial charge in [-0.15, -0.1) is 0 Å². The fourth-order valence-electron chi connectivity index (χ4n) is 3.13. The maximum Gasteiger partial charge on any atom is 0.126 e. The van der Waals surface area contributed by atoms with Crippen LogP contribution in [0.1, 0.15) is 36.9 Å². The summed E-state index contributed by atoms with van der Waals surface area (Å²) in [4.78, 5) is 2.32. The number of nitrogens with zero attached hydrogens (tertiary/aromatic N) is 1. The predicted octanol–water partition coefficient (Wildman–Crippen LogP) is 2.52. The van der Waals surface area contributed by atoms with Gasteiger partial charge < -0.3 is 15.4 Å². The highest BCUT2D eigenvalue weighted by atomic mass is 19.1. The van der Waals surface area contributed by atoms with Gasteiger partial charge in [0.2, 0.25) is 0 Å². The lowest BCUT2D eigenvalue weighted by atomic mass is 10.0. The van der Waals surface area contributed by atoms with Gasteiger partial charge in [-0.25, -0.2) is 4.39 Å². The Bertz CT molecular complexity index is 477. The smallest absolute Gasteiger partial charge is 0.126 e. The molecule has 4 heteroatoms. The number of morpholine rings is 1. The van der Waals surface area contributed by atoms with E-state index in [4.69, 9.17) is 10.5 Å². The Morgan fingerprint density at radius 1 is 1.32 bits per heavy atom. The number of halogens is 1. The van der Waals surface area contributed by atoms with E-state index < -0.39 is 0 Å². The van der Waals surface area contributed by atoms with Crippen molar-refractivity contribution in [2.24, 2.45) is 5.73 Å². The molecule has 0 radical (unpaired) electrons. The zero-order chi connectivity index (χ0) is 13.6. The van der Waals surface area contributed by atoms with Crippen LogP contribution in [0.2, 0.25) is 0 Å². The molecule has 0 aliphatic carbocycles. The molecule has 2 heterocycles. The Balaban J connectivity index is 1.97. The van der Waals surface area contributed by atoms with Crippen LogP contribution in [0.3, 0.4) is 0 Å². The summed E-state index contributed by atoms with van der Waals surface area (Å²) in [6.45, 7) is 5.49. The highest BCUT2D eigenvalue weighted by Crippen LogP contribution is 2.34. The van der Waals surface area contributed by atoms with Crippen molar-refractivity contribution in [3.05, 3.63) is 29.1 Å². The van der Waals surface area contributed by atoms with E-state index in [1.165, 1.54) is 0 Å². The number of rotatable bonds is 2. The molecular weight excluding hydrogens is 243 g/mol. The average molecular weight is 264 g/mol. The van der Waals surface area contributed by atoms with E-state index >= 15 is 0 Å². The number of nitrogens with two attached hydrogens (primary N) is 1. The minimum atomic E-state index is -0.174. The first-order valence-corrected chi connectivity index (χ1v) is 7.00. The predicted molar refractivity (Wildman–Crippen MR) is 73.8 cm³/mol. The van der Waals surface area contributed by atoms with Crippen LogP contribution in [0.15, 0.2) is 12.1 Å². The molecule has 2 saturated heterocycles. The third kappa shape index (κ3) is 2.35. The molecule has 1 aromatic carbocycles. The molecule has 19 heavy (non-hydrogen) atoms. The first-order valence-electron chi connectivity index (χ1n) is 7.00. The maximum absolute atomic E-state index is 13.8. The third-order valence-electron chi connectivity index (χ3n) is 4.18. The van der Waals surface area contributed by atoms with Crippen molar-refractivity contribution in [2.75, 3.05) is 18.0 Å². The largest absolute Gasteiger partial charge is 0.371 e. The minimum absolute atomic E-state index is 0.161. The highest BCUT2D eigenvalue weighted by Gasteiger charge is 2.34. The van der Waals surface area contributed by atoms with Crippen molar-refractivity contribution in [1.82, 2.24) is 0 Å². The van der Waals surface area contributed by atoms with E-state index in [2.05, 4.69) is 4.90 Å². The van der Waals surface area contributed by atoms with Crippen LogP contribution in [0.4, 0.5) is 10.1 Å².